The Morgan fingerprint density at radius 1 is 1.16 bits per heavy atom. The van der Waals surface area contributed by atoms with Crippen molar-refractivity contribution in [1.82, 2.24) is 10.2 Å². The standard InChI is InChI=1S/C15H30N2OS/c1-12-11-17(10-9-16-12)15(18)13-5-7-14(8-6-13)19(2,3)4/h12-14,16H,5-11H2,1-4H3. The van der Waals surface area contributed by atoms with Crippen LogP contribution in [0.15, 0.2) is 0 Å². The number of carbonyl (C=O) groups is 1. The van der Waals surface area contributed by atoms with Crippen molar-refractivity contribution in [1.29, 1.82) is 0 Å². The van der Waals surface area contributed by atoms with Crippen LogP contribution in [0.1, 0.15) is 32.6 Å². The second kappa shape index (κ2) is 6.04. The van der Waals surface area contributed by atoms with E-state index < -0.39 is 10.0 Å². The molecule has 0 aromatic rings. The third-order valence-electron chi connectivity index (χ3n) is 4.70. The largest absolute Gasteiger partial charge is 0.340 e. The molecular formula is C15H30N2OS. The zero-order valence-electron chi connectivity index (χ0n) is 12.9. The fraction of sp³-hybridized carbons (Fsp3) is 0.933. The van der Waals surface area contributed by atoms with Crippen LogP contribution in [0.4, 0.5) is 0 Å². The van der Waals surface area contributed by atoms with Crippen LogP contribution in [0.5, 0.6) is 0 Å². The van der Waals surface area contributed by atoms with Crippen LogP contribution in [0, 0.1) is 5.92 Å². The predicted octanol–water partition coefficient (Wildman–Crippen LogP) is 2.06. The highest BCUT2D eigenvalue weighted by Gasteiger charge is 2.33. The van der Waals surface area contributed by atoms with Crippen molar-refractivity contribution in [3.05, 3.63) is 0 Å². The Morgan fingerprint density at radius 3 is 2.32 bits per heavy atom. The van der Waals surface area contributed by atoms with Crippen LogP contribution in [-0.2, 0) is 4.79 Å². The average molecular weight is 286 g/mol. The minimum absolute atomic E-state index is 0.309. The van der Waals surface area contributed by atoms with Gasteiger partial charge in [-0.3, -0.25) is 4.79 Å². The van der Waals surface area contributed by atoms with Gasteiger partial charge in [-0.2, -0.15) is 0 Å². The van der Waals surface area contributed by atoms with E-state index in [4.69, 9.17) is 0 Å². The van der Waals surface area contributed by atoms with E-state index in [1.165, 1.54) is 12.8 Å². The Hall–Kier alpha value is -0.220. The maximum atomic E-state index is 12.6. The molecule has 1 amide bonds. The van der Waals surface area contributed by atoms with Gasteiger partial charge in [-0.1, -0.05) is 0 Å². The molecule has 1 saturated carbocycles. The molecule has 1 unspecified atom stereocenters. The first-order chi connectivity index (χ1) is 8.88. The van der Waals surface area contributed by atoms with Crippen LogP contribution in [0.3, 0.4) is 0 Å². The van der Waals surface area contributed by atoms with E-state index in [9.17, 15) is 4.79 Å². The predicted molar refractivity (Wildman–Crippen MR) is 85.2 cm³/mol. The molecule has 3 nitrogen and oxygen atoms in total. The minimum atomic E-state index is -0.444. The van der Waals surface area contributed by atoms with Crippen LogP contribution < -0.4 is 5.32 Å². The fourth-order valence-corrected chi connectivity index (χ4v) is 5.09. The number of nitrogens with one attached hydrogen (secondary N) is 1. The average Bonchev–Trinajstić information content (AvgIpc) is 2.37. The summed E-state index contributed by atoms with van der Waals surface area (Å²) < 4.78 is 0. The summed E-state index contributed by atoms with van der Waals surface area (Å²) in [6.07, 6.45) is 12.0. The quantitative estimate of drug-likeness (QED) is 0.843. The number of amides is 1. The molecule has 112 valence electrons. The Bertz CT molecular complexity index is 319. The first-order valence-corrected chi connectivity index (χ1v) is 10.5. The molecule has 1 atom stereocenters. The second-order valence-electron chi connectivity index (χ2n) is 7.04. The van der Waals surface area contributed by atoms with Crippen molar-refractivity contribution < 1.29 is 4.79 Å². The van der Waals surface area contributed by atoms with Gasteiger partial charge in [-0.05, 0) is 56.6 Å². The van der Waals surface area contributed by atoms with E-state index in [0.29, 0.717) is 17.9 Å². The zero-order valence-corrected chi connectivity index (χ0v) is 13.8. The highest BCUT2D eigenvalue weighted by molar-refractivity contribution is 8.32. The summed E-state index contributed by atoms with van der Waals surface area (Å²) in [5, 5.41) is 4.28. The molecule has 2 rings (SSSR count). The van der Waals surface area contributed by atoms with Gasteiger partial charge in [-0.15, -0.1) is 0 Å². The second-order valence-corrected chi connectivity index (χ2v) is 11.6. The Morgan fingerprint density at radius 2 is 1.79 bits per heavy atom. The zero-order chi connectivity index (χ0) is 14.0. The molecule has 0 aromatic carbocycles. The van der Waals surface area contributed by atoms with E-state index in [2.05, 4.69) is 35.9 Å². The number of carbonyl (C=O) groups excluding carboxylic acids is 1. The smallest absolute Gasteiger partial charge is 0.225 e. The fourth-order valence-electron chi connectivity index (χ4n) is 3.41. The van der Waals surface area contributed by atoms with E-state index in [0.717, 1.165) is 37.7 Å². The highest BCUT2D eigenvalue weighted by Crippen LogP contribution is 2.48. The molecule has 19 heavy (non-hydrogen) atoms. The van der Waals surface area contributed by atoms with Crippen molar-refractivity contribution in [3.8, 4) is 0 Å². The van der Waals surface area contributed by atoms with Crippen molar-refractivity contribution in [2.75, 3.05) is 38.4 Å². The molecule has 0 aromatic heterocycles. The third kappa shape index (κ3) is 3.88. The van der Waals surface area contributed by atoms with Crippen LogP contribution in [0.2, 0.25) is 0 Å². The number of nitrogens with zero attached hydrogens (tertiary/aromatic N) is 1. The molecule has 1 aliphatic carbocycles. The van der Waals surface area contributed by atoms with Gasteiger partial charge < -0.3 is 10.2 Å². The molecule has 0 bridgehead atoms. The normalized spacial score (nSPS) is 34.1. The Balaban J connectivity index is 1.85. The first kappa shape index (κ1) is 15.2. The third-order valence-corrected chi connectivity index (χ3v) is 7.18. The van der Waals surface area contributed by atoms with Gasteiger partial charge in [0.15, 0.2) is 0 Å². The van der Waals surface area contributed by atoms with Gasteiger partial charge in [0, 0.05) is 31.6 Å². The lowest BCUT2D eigenvalue weighted by atomic mass is 9.87. The van der Waals surface area contributed by atoms with E-state index in [1.807, 2.05) is 0 Å². The molecule has 1 N–H and O–H groups in total. The lowest BCUT2D eigenvalue weighted by molar-refractivity contribution is -0.137. The topological polar surface area (TPSA) is 32.3 Å². The van der Waals surface area contributed by atoms with Crippen molar-refractivity contribution in [3.63, 3.8) is 0 Å². The monoisotopic (exact) mass is 286 g/mol. The first-order valence-electron chi connectivity index (χ1n) is 7.57. The summed E-state index contributed by atoms with van der Waals surface area (Å²) in [5.74, 6) is 0.735. The van der Waals surface area contributed by atoms with E-state index >= 15 is 0 Å². The van der Waals surface area contributed by atoms with Crippen molar-refractivity contribution >= 4 is 15.9 Å². The summed E-state index contributed by atoms with van der Waals surface area (Å²) in [4.78, 5) is 14.7. The summed E-state index contributed by atoms with van der Waals surface area (Å²) in [6.45, 7) is 4.91. The molecule has 0 radical (unpaired) electrons. The Kier molecular flexibility index (Phi) is 4.83. The molecule has 2 aliphatic rings. The summed E-state index contributed by atoms with van der Waals surface area (Å²) in [6, 6.07) is 0.452. The minimum Gasteiger partial charge on any atom is -0.340 e. The lowest BCUT2D eigenvalue weighted by Crippen LogP contribution is -2.53. The van der Waals surface area contributed by atoms with Gasteiger partial charge >= 0.3 is 0 Å². The molecular weight excluding hydrogens is 256 g/mol. The van der Waals surface area contributed by atoms with Gasteiger partial charge in [0.25, 0.3) is 0 Å². The lowest BCUT2D eigenvalue weighted by Gasteiger charge is -2.42. The number of rotatable bonds is 2. The summed E-state index contributed by atoms with van der Waals surface area (Å²) >= 11 is 0. The molecule has 4 heteroatoms. The van der Waals surface area contributed by atoms with E-state index in [1.54, 1.807) is 0 Å². The Labute approximate surface area is 119 Å². The summed E-state index contributed by atoms with van der Waals surface area (Å²) in [7, 11) is -0.444. The van der Waals surface area contributed by atoms with Gasteiger partial charge in [0.2, 0.25) is 5.91 Å². The molecule has 1 aliphatic heterocycles. The highest BCUT2D eigenvalue weighted by atomic mass is 32.3. The number of hydrogen-bond acceptors (Lipinski definition) is 2. The van der Waals surface area contributed by atoms with Gasteiger partial charge in [0.1, 0.15) is 0 Å². The van der Waals surface area contributed by atoms with Crippen molar-refractivity contribution in [2.45, 2.75) is 43.9 Å². The van der Waals surface area contributed by atoms with Gasteiger partial charge in [0.05, 0.1) is 0 Å². The van der Waals surface area contributed by atoms with Crippen LogP contribution >= 0.6 is 10.0 Å². The number of hydrogen-bond donors (Lipinski definition) is 1. The maximum Gasteiger partial charge on any atom is 0.225 e. The van der Waals surface area contributed by atoms with E-state index in [-0.39, 0.29) is 0 Å². The molecule has 1 saturated heterocycles. The van der Waals surface area contributed by atoms with Crippen LogP contribution in [0.25, 0.3) is 0 Å². The maximum absolute atomic E-state index is 12.6. The van der Waals surface area contributed by atoms with Crippen LogP contribution in [-0.4, -0.2) is 60.5 Å². The molecule has 0 spiro atoms. The summed E-state index contributed by atoms with van der Waals surface area (Å²) in [5.41, 5.74) is 0. The molecule has 2 fully saturated rings. The van der Waals surface area contributed by atoms with Gasteiger partial charge in [-0.25, -0.2) is 10.0 Å². The molecule has 1 heterocycles. The number of piperazine rings is 1. The SMILES string of the molecule is CC1CN(C(=O)C2CCC(S(C)(C)C)CC2)CCN1. The van der Waals surface area contributed by atoms with Crippen molar-refractivity contribution in [2.24, 2.45) is 5.92 Å².